The Hall–Kier alpha value is -1.44. The van der Waals surface area contributed by atoms with Crippen LogP contribution < -0.4 is 10.0 Å². The van der Waals surface area contributed by atoms with Crippen molar-refractivity contribution in [2.45, 2.75) is 30.7 Å². The molecule has 22 heavy (non-hydrogen) atoms. The zero-order chi connectivity index (χ0) is 16.2. The van der Waals surface area contributed by atoms with Gasteiger partial charge in [-0.25, -0.2) is 17.9 Å². The normalized spacial score (nSPS) is 20.4. The van der Waals surface area contributed by atoms with E-state index < -0.39 is 16.0 Å². The molecule has 7 heteroatoms. The zero-order valence-electron chi connectivity index (χ0n) is 12.8. The molecular weight excluding hydrogens is 304 g/mol. The monoisotopic (exact) mass is 326 g/mol. The molecule has 1 fully saturated rings. The first-order valence-corrected chi connectivity index (χ1v) is 8.84. The number of rotatable bonds is 5. The van der Waals surface area contributed by atoms with Crippen molar-refractivity contribution in [2.75, 3.05) is 20.2 Å². The summed E-state index contributed by atoms with van der Waals surface area (Å²) in [5.74, 6) is -0.198. The number of carbonyl (C=O) groups excluding carboxylic acids is 1. The van der Waals surface area contributed by atoms with Gasteiger partial charge in [0.25, 0.3) is 0 Å². The predicted molar refractivity (Wildman–Crippen MR) is 83.2 cm³/mol. The molecule has 1 aromatic carbocycles. The number of ether oxygens (including phenoxy) is 1. The van der Waals surface area contributed by atoms with Gasteiger partial charge in [0.15, 0.2) is 0 Å². The summed E-state index contributed by atoms with van der Waals surface area (Å²) in [6.45, 7) is 3.70. The number of esters is 1. The maximum absolute atomic E-state index is 12.4. The number of sulfonamides is 1. The lowest BCUT2D eigenvalue weighted by molar-refractivity contribution is 0.0600. The molecule has 0 radical (unpaired) electrons. The molecule has 2 unspecified atom stereocenters. The van der Waals surface area contributed by atoms with Crippen LogP contribution >= 0.6 is 0 Å². The number of nitrogens with one attached hydrogen (secondary N) is 2. The van der Waals surface area contributed by atoms with Crippen molar-refractivity contribution in [1.82, 2.24) is 10.0 Å². The average molecular weight is 326 g/mol. The van der Waals surface area contributed by atoms with Gasteiger partial charge in [0.1, 0.15) is 0 Å². The number of carbonyl (C=O) groups is 1. The number of hydrogen-bond acceptors (Lipinski definition) is 5. The predicted octanol–water partition coefficient (Wildman–Crippen LogP) is 1.14. The SMILES string of the molecule is COC(=O)c1ccc(S(=O)(=O)NC(C)C2CCCNC2)cc1. The van der Waals surface area contributed by atoms with Crippen molar-refractivity contribution >= 4 is 16.0 Å². The molecule has 0 spiro atoms. The van der Waals surface area contributed by atoms with E-state index in [1.807, 2.05) is 6.92 Å². The van der Waals surface area contributed by atoms with Crippen LogP contribution in [0.1, 0.15) is 30.1 Å². The van der Waals surface area contributed by atoms with Gasteiger partial charge in [-0.2, -0.15) is 0 Å². The Morgan fingerprint density at radius 1 is 1.36 bits per heavy atom. The molecule has 0 aliphatic carbocycles. The summed E-state index contributed by atoms with van der Waals surface area (Å²) in [6.07, 6.45) is 2.07. The van der Waals surface area contributed by atoms with E-state index in [2.05, 4.69) is 14.8 Å². The first-order chi connectivity index (χ1) is 10.4. The van der Waals surface area contributed by atoms with Gasteiger partial charge in [-0.05, 0) is 63.0 Å². The fourth-order valence-electron chi connectivity index (χ4n) is 2.60. The largest absolute Gasteiger partial charge is 0.465 e. The standard InChI is InChI=1S/C15H22N2O4S/c1-11(13-4-3-9-16-10-13)17-22(19,20)14-7-5-12(6-8-14)15(18)21-2/h5-8,11,13,16-17H,3-4,9-10H2,1-2H3. The van der Waals surface area contributed by atoms with Gasteiger partial charge in [0.05, 0.1) is 17.6 Å². The van der Waals surface area contributed by atoms with Crippen molar-refractivity contribution in [3.8, 4) is 0 Å². The van der Waals surface area contributed by atoms with Crippen molar-refractivity contribution in [3.05, 3.63) is 29.8 Å². The van der Waals surface area contributed by atoms with Gasteiger partial charge in [-0.3, -0.25) is 0 Å². The van der Waals surface area contributed by atoms with Crippen LogP contribution in [0.5, 0.6) is 0 Å². The number of piperidine rings is 1. The van der Waals surface area contributed by atoms with E-state index in [0.29, 0.717) is 5.56 Å². The third-order valence-electron chi connectivity index (χ3n) is 3.97. The molecule has 0 aromatic heterocycles. The van der Waals surface area contributed by atoms with Crippen LogP contribution in [0.2, 0.25) is 0 Å². The Labute approximate surface area is 131 Å². The summed E-state index contributed by atoms with van der Waals surface area (Å²) in [6, 6.07) is 5.60. The maximum atomic E-state index is 12.4. The van der Waals surface area contributed by atoms with Crippen molar-refractivity contribution < 1.29 is 17.9 Å². The Morgan fingerprint density at radius 2 is 2.05 bits per heavy atom. The summed E-state index contributed by atoms with van der Waals surface area (Å²) in [7, 11) is -2.30. The summed E-state index contributed by atoms with van der Waals surface area (Å²) < 4.78 is 32.1. The molecule has 2 atom stereocenters. The van der Waals surface area contributed by atoms with E-state index in [-0.39, 0.29) is 16.9 Å². The minimum Gasteiger partial charge on any atom is -0.465 e. The quantitative estimate of drug-likeness (QED) is 0.793. The topological polar surface area (TPSA) is 84.5 Å². The molecule has 0 amide bonds. The first kappa shape index (κ1) is 16.9. The van der Waals surface area contributed by atoms with Crippen molar-refractivity contribution in [1.29, 1.82) is 0 Å². The van der Waals surface area contributed by atoms with E-state index in [0.717, 1.165) is 25.9 Å². The Balaban J connectivity index is 2.07. The molecule has 1 aromatic rings. The van der Waals surface area contributed by atoms with E-state index in [4.69, 9.17) is 0 Å². The first-order valence-electron chi connectivity index (χ1n) is 7.35. The van der Waals surface area contributed by atoms with Gasteiger partial charge in [0.2, 0.25) is 10.0 Å². The molecule has 0 bridgehead atoms. The Bertz CT molecular complexity index is 607. The molecule has 1 aliphatic heterocycles. The average Bonchev–Trinajstić information content (AvgIpc) is 2.54. The summed E-state index contributed by atoms with van der Waals surface area (Å²) in [4.78, 5) is 11.5. The van der Waals surface area contributed by atoms with Crippen LogP contribution in [-0.2, 0) is 14.8 Å². The lowest BCUT2D eigenvalue weighted by atomic mass is 9.94. The van der Waals surface area contributed by atoms with Gasteiger partial charge in [-0.15, -0.1) is 0 Å². The second kappa shape index (κ2) is 7.21. The van der Waals surface area contributed by atoms with Crippen molar-refractivity contribution in [3.63, 3.8) is 0 Å². The lowest BCUT2D eigenvalue weighted by Crippen LogP contribution is -2.44. The highest BCUT2D eigenvalue weighted by Crippen LogP contribution is 2.17. The lowest BCUT2D eigenvalue weighted by Gasteiger charge is -2.28. The maximum Gasteiger partial charge on any atom is 0.337 e. The molecule has 1 aliphatic rings. The van der Waals surface area contributed by atoms with Gasteiger partial charge in [-0.1, -0.05) is 0 Å². The molecular formula is C15H22N2O4S. The van der Waals surface area contributed by atoms with Gasteiger partial charge >= 0.3 is 5.97 Å². The second-order valence-corrected chi connectivity index (χ2v) is 7.25. The number of benzene rings is 1. The molecule has 2 rings (SSSR count). The summed E-state index contributed by atoms with van der Waals surface area (Å²) >= 11 is 0. The highest BCUT2D eigenvalue weighted by Gasteiger charge is 2.25. The molecule has 1 saturated heterocycles. The van der Waals surface area contributed by atoms with Crippen molar-refractivity contribution in [2.24, 2.45) is 5.92 Å². The Morgan fingerprint density at radius 3 is 2.59 bits per heavy atom. The van der Waals surface area contributed by atoms with Gasteiger partial charge < -0.3 is 10.1 Å². The van der Waals surface area contributed by atoms with Crippen LogP contribution in [0, 0.1) is 5.92 Å². The fourth-order valence-corrected chi connectivity index (χ4v) is 3.91. The third kappa shape index (κ3) is 4.06. The van der Waals surface area contributed by atoms with Crippen LogP contribution in [-0.4, -0.2) is 40.6 Å². The number of hydrogen-bond donors (Lipinski definition) is 2. The minimum absolute atomic E-state index is 0.141. The van der Waals surface area contributed by atoms with Crippen LogP contribution in [0.25, 0.3) is 0 Å². The summed E-state index contributed by atoms with van der Waals surface area (Å²) in [5, 5.41) is 3.28. The highest BCUT2D eigenvalue weighted by atomic mass is 32.2. The van der Waals surface area contributed by atoms with E-state index in [1.165, 1.54) is 31.4 Å². The Kier molecular flexibility index (Phi) is 5.55. The molecule has 2 N–H and O–H groups in total. The molecule has 1 heterocycles. The minimum atomic E-state index is -3.59. The van der Waals surface area contributed by atoms with Crippen LogP contribution in [0.15, 0.2) is 29.2 Å². The third-order valence-corrected chi connectivity index (χ3v) is 5.54. The molecule has 122 valence electrons. The zero-order valence-corrected chi connectivity index (χ0v) is 13.7. The molecule has 0 saturated carbocycles. The fraction of sp³-hybridized carbons (Fsp3) is 0.533. The molecule has 6 nitrogen and oxygen atoms in total. The summed E-state index contributed by atoms with van der Waals surface area (Å²) in [5.41, 5.74) is 0.325. The van der Waals surface area contributed by atoms with Crippen LogP contribution in [0.3, 0.4) is 0 Å². The smallest absolute Gasteiger partial charge is 0.337 e. The number of methoxy groups -OCH3 is 1. The van der Waals surface area contributed by atoms with Crippen LogP contribution in [0.4, 0.5) is 0 Å². The van der Waals surface area contributed by atoms with E-state index in [9.17, 15) is 13.2 Å². The second-order valence-electron chi connectivity index (χ2n) is 5.53. The van der Waals surface area contributed by atoms with Gasteiger partial charge in [0, 0.05) is 6.04 Å². The highest BCUT2D eigenvalue weighted by molar-refractivity contribution is 7.89. The van der Waals surface area contributed by atoms with E-state index >= 15 is 0 Å². The van der Waals surface area contributed by atoms with E-state index in [1.54, 1.807) is 0 Å².